The highest BCUT2D eigenvalue weighted by atomic mass is 35.5. The van der Waals surface area contributed by atoms with Crippen LogP contribution in [0.1, 0.15) is 23.6 Å². The molecule has 3 aliphatic heterocycles. The molecule has 3 heterocycles. The summed E-state index contributed by atoms with van der Waals surface area (Å²) in [4.78, 5) is 5.09. The molecular formula is C23H29Cl2N3O2. The molecule has 1 saturated heterocycles. The van der Waals surface area contributed by atoms with E-state index in [-0.39, 0.29) is 24.8 Å². The summed E-state index contributed by atoms with van der Waals surface area (Å²) in [7, 11) is 0. The summed E-state index contributed by atoms with van der Waals surface area (Å²) >= 11 is 0. The van der Waals surface area contributed by atoms with Crippen LogP contribution in [0.5, 0.6) is 11.5 Å². The Bertz CT molecular complexity index is 900. The van der Waals surface area contributed by atoms with E-state index in [1.807, 2.05) is 0 Å². The van der Waals surface area contributed by atoms with E-state index >= 15 is 0 Å². The van der Waals surface area contributed by atoms with Crippen LogP contribution >= 0.6 is 24.8 Å². The van der Waals surface area contributed by atoms with E-state index in [4.69, 9.17) is 9.47 Å². The second kappa shape index (κ2) is 9.48. The highest BCUT2D eigenvalue weighted by Crippen LogP contribution is 2.42. The number of benzene rings is 2. The molecule has 1 fully saturated rings. The quantitative estimate of drug-likeness (QED) is 0.772. The van der Waals surface area contributed by atoms with E-state index < -0.39 is 5.66 Å². The minimum atomic E-state index is -0.402. The van der Waals surface area contributed by atoms with Gasteiger partial charge in [0, 0.05) is 37.3 Å². The standard InChI is InChI=1S/C23H27N3O2.2ClH/c1-2-25-11-13-26(14-12-25)23(20-6-4-3-5-18(20)9-10-24-23)19-7-8-21-22(17-19)28-16-15-27-21;;/h3-10,17,24H,2,11-16H2,1H3;2*1H. The Labute approximate surface area is 190 Å². The first-order valence-electron chi connectivity index (χ1n) is 10.2. The third-order valence-corrected chi connectivity index (χ3v) is 6.16. The van der Waals surface area contributed by atoms with Crippen LogP contribution in [-0.4, -0.2) is 55.7 Å². The van der Waals surface area contributed by atoms with Crippen LogP contribution in [0, 0.1) is 0 Å². The molecule has 1 atom stereocenters. The monoisotopic (exact) mass is 449 g/mol. The maximum absolute atomic E-state index is 5.91. The van der Waals surface area contributed by atoms with Crippen molar-refractivity contribution in [1.29, 1.82) is 0 Å². The van der Waals surface area contributed by atoms with Crippen molar-refractivity contribution in [3.63, 3.8) is 0 Å². The number of likely N-dealkylation sites (N-methyl/N-ethyl adjacent to an activating group) is 1. The van der Waals surface area contributed by atoms with Gasteiger partial charge in [-0.15, -0.1) is 24.8 Å². The lowest BCUT2D eigenvalue weighted by atomic mass is 9.83. The van der Waals surface area contributed by atoms with Crippen LogP contribution < -0.4 is 14.8 Å². The van der Waals surface area contributed by atoms with Crippen molar-refractivity contribution in [2.45, 2.75) is 12.6 Å². The zero-order valence-electron chi connectivity index (χ0n) is 17.2. The molecule has 162 valence electrons. The van der Waals surface area contributed by atoms with Crippen molar-refractivity contribution in [2.24, 2.45) is 0 Å². The average Bonchev–Trinajstić information content (AvgIpc) is 2.78. The van der Waals surface area contributed by atoms with Gasteiger partial charge in [0.15, 0.2) is 11.5 Å². The fraction of sp³-hybridized carbons (Fsp3) is 0.391. The predicted octanol–water partition coefficient (Wildman–Crippen LogP) is 3.71. The Morgan fingerprint density at radius 3 is 2.43 bits per heavy atom. The summed E-state index contributed by atoms with van der Waals surface area (Å²) < 4.78 is 11.7. The minimum absolute atomic E-state index is 0. The van der Waals surface area contributed by atoms with E-state index in [1.54, 1.807) is 0 Å². The number of nitrogens with zero attached hydrogens (tertiary/aromatic N) is 2. The average molecular weight is 450 g/mol. The molecule has 0 aliphatic carbocycles. The summed E-state index contributed by atoms with van der Waals surface area (Å²) in [5.74, 6) is 1.67. The zero-order valence-corrected chi connectivity index (χ0v) is 18.8. The Morgan fingerprint density at radius 2 is 1.67 bits per heavy atom. The molecule has 0 amide bonds. The summed E-state index contributed by atoms with van der Waals surface area (Å²) in [6.07, 6.45) is 4.25. The van der Waals surface area contributed by atoms with Crippen LogP contribution in [0.25, 0.3) is 6.08 Å². The lowest BCUT2D eigenvalue weighted by molar-refractivity contribution is 0.0407. The number of piperazine rings is 1. The number of fused-ring (bicyclic) bond motifs is 2. The number of ether oxygens (including phenoxy) is 2. The Balaban J connectivity index is 0.00000128. The summed E-state index contributed by atoms with van der Waals surface area (Å²) in [6, 6.07) is 15.1. The molecule has 5 nitrogen and oxygen atoms in total. The third kappa shape index (κ3) is 3.76. The predicted molar refractivity (Wildman–Crippen MR) is 125 cm³/mol. The minimum Gasteiger partial charge on any atom is -0.486 e. The number of halogens is 2. The molecule has 0 bridgehead atoms. The fourth-order valence-electron chi connectivity index (χ4n) is 4.65. The van der Waals surface area contributed by atoms with Gasteiger partial charge in [-0.2, -0.15) is 0 Å². The van der Waals surface area contributed by atoms with Crippen molar-refractivity contribution in [3.8, 4) is 11.5 Å². The Kier molecular flexibility index (Phi) is 7.19. The molecule has 2 aromatic carbocycles. The molecule has 0 aromatic heterocycles. The summed E-state index contributed by atoms with van der Waals surface area (Å²) in [5.41, 5.74) is 3.34. The zero-order chi connectivity index (χ0) is 19.0. The Hall–Kier alpha value is -1.92. The van der Waals surface area contributed by atoms with Crippen LogP contribution in [0.15, 0.2) is 48.7 Å². The van der Waals surface area contributed by atoms with Gasteiger partial charge in [0.2, 0.25) is 0 Å². The third-order valence-electron chi connectivity index (χ3n) is 6.16. The van der Waals surface area contributed by atoms with Crippen molar-refractivity contribution >= 4 is 30.9 Å². The first-order chi connectivity index (χ1) is 13.8. The van der Waals surface area contributed by atoms with E-state index in [0.717, 1.165) is 44.2 Å². The summed E-state index contributed by atoms with van der Waals surface area (Å²) in [5, 5.41) is 3.74. The number of hydrogen-bond acceptors (Lipinski definition) is 5. The van der Waals surface area contributed by atoms with E-state index in [0.29, 0.717) is 13.2 Å². The number of rotatable bonds is 3. The SMILES string of the molecule is CCN1CCN(C2(c3ccc4c(c3)OCCO4)NC=Cc3ccccc32)CC1.Cl.Cl. The van der Waals surface area contributed by atoms with Gasteiger partial charge in [0.1, 0.15) is 18.9 Å². The fourth-order valence-corrected chi connectivity index (χ4v) is 4.65. The second-order valence-corrected chi connectivity index (χ2v) is 7.56. The normalized spacial score (nSPS) is 22.8. The maximum atomic E-state index is 5.91. The molecule has 5 rings (SSSR count). The van der Waals surface area contributed by atoms with Gasteiger partial charge in [-0.05, 0) is 36.5 Å². The first-order valence-corrected chi connectivity index (χ1v) is 10.2. The lowest BCUT2D eigenvalue weighted by Gasteiger charge is -2.50. The number of nitrogens with one attached hydrogen (secondary N) is 1. The van der Waals surface area contributed by atoms with Gasteiger partial charge in [-0.1, -0.05) is 37.3 Å². The topological polar surface area (TPSA) is 37.0 Å². The smallest absolute Gasteiger partial charge is 0.161 e. The van der Waals surface area contributed by atoms with Gasteiger partial charge in [0.25, 0.3) is 0 Å². The largest absolute Gasteiger partial charge is 0.486 e. The summed E-state index contributed by atoms with van der Waals surface area (Å²) in [6.45, 7) is 8.74. The van der Waals surface area contributed by atoms with Crippen molar-refractivity contribution < 1.29 is 9.47 Å². The van der Waals surface area contributed by atoms with Crippen LogP contribution in [-0.2, 0) is 5.66 Å². The molecule has 0 radical (unpaired) electrons. The molecule has 0 spiro atoms. The first kappa shape index (κ1) is 22.8. The number of hydrogen-bond donors (Lipinski definition) is 1. The molecule has 30 heavy (non-hydrogen) atoms. The maximum Gasteiger partial charge on any atom is 0.161 e. The second-order valence-electron chi connectivity index (χ2n) is 7.56. The van der Waals surface area contributed by atoms with E-state index in [1.165, 1.54) is 16.7 Å². The van der Waals surface area contributed by atoms with E-state index in [2.05, 4.69) is 76.8 Å². The molecule has 3 aliphatic rings. The molecule has 2 aromatic rings. The highest BCUT2D eigenvalue weighted by Gasteiger charge is 2.43. The van der Waals surface area contributed by atoms with Crippen molar-refractivity contribution in [3.05, 3.63) is 65.4 Å². The van der Waals surface area contributed by atoms with Gasteiger partial charge in [-0.3, -0.25) is 4.90 Å². The molecule has 1 unspecified atom stereocenters. The van der Waals surface area contributed by atoms with Gasteiger partial charge in [0.05, 0.1) is 0 Å². The van der Waals surface area contributed by atoms with Gasteiger partial charge < -0.3 is 19.7 Å². The highest BCUT2D eigenvalue weighted by molar-refractivity contribution is 5.85. The molecule has 1 N–H and O–H groups in total. The van der Waals surface area contributed by atoms with Gasteiger partial charge >= 0.3 is 0 Å². The molecule has 0 saturated carbocycles. The van der Waals surface area contributed by atoms with Crippen LogP contribution in [0.2, 0.25) is 0 Å². The van der Waals surface area contributed by atoms with Gasteiger partial charge in [-0.25, -0.2) is 0 Å². The van der Waals surface area contributed by atoms with E-state index in [9.17, 15) is 0 Å². The molecule has 7 heteroatoms. The van der Waals surface area contributed by atoms with Crippen LogP contribution in [0.3, 0.4) is 0 Å². The molecular weight excluding hydrogens is 421 g/mol. The van der Waals surface area contributed by atoms with Crippen molar-refractivity contribution in [2.75, 3.05) is 45.9 Å². The Morgan fingerprint density at radius 1 is 0.933 bits per heavy atom. The lowest BCUT2D eigenvalue weighted by Crippen LogP contribution is -2.61. The van der Waals surface area contributed by atoms with Crippen LogP contribution in [0.4, 0.5) is 0 Å². The van der Waals surface area contributed by atoms with Crippen molar-refractivity contribution in [1.82, 2.24) is 15.1 Å².